The second kappa shape index (κ2) is 14.5. The lowest BCUT2D eigenvalue weighted by Crippen LogP contribution is -2.53. The molecular weight excluding hydrogens is 496 g/mol. The number of rotatable bonds is 15. The Hall–Kier alpha value is -2.66. The summed E-state index contributed by atoms with van der Waals surface area (Å²) in [6.45, 7) is 5.80. The van der Waals surface area contributed by atoms with Gasteiger partial charge in [0.05, 0.1) is 30.8 Å². The maximum atomic E-state index is 14.1. The van der Waals surface area contributed by atoms with Crippen molar-refractivity contribution in [1.29, 1.82) is 0 Å². The molecule has 6 N–H and O–H groups in total. The first-order chi connectivity index (χ1) is 18.0. The van der Waals surface area contributed by atoms with Crippen LogP contribution in [0, 0.1) is 23.0 Å². The third-order valence-electron chi connectivity index (χ3n) is 6.94. The number of allylic oxidation sites excluding steroid dienone is 2. The zero-order valence-electron chi connectivity index (χ0n) is 22.4. The molecule has 1 aliphatic carbocycles. The van der Waals surface area contributed by atoms with Crippen molar-refractivity contribution in [1.82, 2.24) is 10.2 Å². The lowest BCUT2D eigenvalue weighted by Gasteiger charge is -2.42. The van der Waals surface area contributed by atoms with Crippen molar-refractivity contribution >= 4 is 11.8 Å². The second-order valence-electron chi connectivity index (χ2n) is 10.1. The maximum Gasteiger partial charge on any atom is 0.249 e. The predicted molar refractivity (Wildman–Crippen MR) is 141 cm³/mol. The molecule has 1 aromatic carbocycles. The highest BCUT2D eigenvalue weighted by Gasteiger charge is 2.48. The van der Waals surface area contributed by atoms with Crippen LogP contribution in [0.5, 0.6) is 0 Å². The van der Waals surface area contributed by atoms with E-state index in [0.717, 1.165) is 31.0 Å². The summed E-state index contributed by atoms with van der Waals surface area (Å²) in [5.74, 6) is -3.61. The van der Waals surface area contributed by atoms with Crippen molar-refractivity contribution in [3.05, 3.63) is 58.7 Å². The van der Waals surface area contributed by atoms with Gasteiger partial charge in [0.15, 0.2) is 0 Å². The molecule has 0 radical (unpaired) electrons. The van der Waals surface area contributed by atoms with E-state index in [1.54, 1.807) is 24.0 Å². The highest BCUT2D eigenvalue weighted by atomic mass is 19.1. The fourth-order valence-electron chi connectivity index (χ4n) is 5.17. The van der Waals surface area contributed by atoms with Crippen LogP contribution in [0.15, 0.2) is 41.5 Å². The van der Waals surface area contributed by atoms with Crippen molar-refractivity contribution < 1.29 is 33.7 Å². The van der Waals surface area contributed by atoms with Gasteiger partial charge in [-0.2, -0.15) is 0 Å². The van der Waals surface area contributed by atoms with Gasteiger partial charge in [0.25, 0.3) is 0 Å². The number of aliphatic hydroxyl groups excluding tert-OH is 3. The molecule has 38 heavy (non-hydrogen) atoms. The third kappa shape index (κ3) is 7.92. The number of benzene rings is 1. The van der Waals surface area contributed by atoms with E-state index in [2.05, 4.69) is 5.32 Å². The van der Waals surface area contributed by atoms with Crippen LogP contribution >= 0.6 is 0 Å². The van der Waals surface area contributed by atoms with E-state index < -0.39 is 54.2 Å². The molecule has 8 nitrogen and oxygen atoms in total. The molecule has 0 spiro atoms. The number of carbonyl (C=O) groups is 2. The maximum absolute atomic E-state index is 14.1. The summed E-state index contributed by atoms with van der Waals surface area (Å²) in [7, 11) is 0. The smallest absolute Gasteiger partial charge is 0.249 e. The van der Waals surface area contributed by atoms with Crippen LogP contribution in [0.4, 0.5) is 8.78 Å². The lowest BCUT2D eigenvalue weighted by atomic mass is 9.63. The number of nitrogens with two attached hydrogens (primary N) is 1. The van der Waals surface area contributed by atoms with E-state index in [1.807, 2.05) is 13.8 Å². The monoisotopic (exact) mass is 537 g/mol. The van der Waals surface area contributed by atoms with Gasteiger partial charge in [-0.05, 0) is 50.3 Å². The number of aliphatic hydroxyl groups is 3. The Kier molecular flexibility index (Phi) is 12.0. The minimum atomic E-state index is -1.55. The minimum Gasteiger partial charge on any atom is -0.395 e. The van der Waals surface area contributed by atoms with Gasteiger partial charge in [-0.1, -0.05) is 31.6 Å². The molecule has 2 amide bonds. The zero-order chi connectivity index (χ0) is 28.5. The number of carbonyl (C=O) groups excluding carboxylic acids is 2. The Morgan fingerprint density at radius 3 is 2.18 bits per heavy atom. The van der Waals surface area contributed by atoms with Crippen LogP contribution in [0.2, 0.25) is 0 Å². The van der Waals surface area contributed by atoms with E-state index in [4.69, 9.17) is 5.73 Å². The third-order valence-corrected chi connectivity index (χ3v) is 6.94. The summed E-state index contributed by atoms with van der Waals surface area (Å²) in [5.41, 5.74) is 5.61. The molecule has 1 aliphatic rings. The molecular formula is C28H41F2N3O5. The molecule has 0 saturated heterocycles. The normalized spacial score (nSPS) is 19.1. The fraction of sp³-hybridized carbons (Fsp3) is 0.571. The molecule has 0 heterocycles. The molecule has 1 aromatic rings. The molecule has 0 fully saturated rings. The number of amides is 2. The summed E-state index contributed by atoms with van der Waals surface area (Å²) in [6, 6.07) is 2.26. The molecule has 0 aromatic heterocycles. The molecule has 10 heteroatoms. The second-order valence-corrected chi connectivity index (χ2v) is 10.1. The van der Waals surface area contributed by atoms with E-state index in [1.165, 1.54) is 0 Å². The van der Waals surface area contributed by atoms with Crippen molar-refractivity contribution in [2.75, 3.05) is 32.8 Å². The first-order valence-electron chi connectivity index (χ1n) is 13.1. The van der Waals surface area contributed by atoms with Crippen LogP contribution in [-0.4, -0.2) is 77.0 Å². The van der Waals surface area contributed by atoms with Crippen molar-refractivity contribution in [2.45, 2.75) is 58.6 Å². The van der Waals surface area contributed by atoms with Crippen molar-refractivity contribution in [2.24, 2.45) is 17.1 Å². The standard InChI is InChI=1S/C28H41F2N3O5/c1-4-6-33(7-5-2)26(37)20-8-18(3)13-28(14-20,27(31)38)24(25(36)15-32-23(16-34)17-35)11-19-9-21(29)12-22(30)10-19/h8-10,12-13,23-25,32,34-36H,4-7,11,14-17H2,1-3H3,(H2,31,38)/t24-,25+,28?/m1/s1. The number of hydrogen-bond acceptors (Lipinski definition) is 6. The average molecular weight is 538 g/mol. The largest absolute Gasteiger partial charge is 0.395 e. The van der Waals surface area contributed by atoms with Crippen LogP contribution in [0.3, 0.4) is 0 Å². The van der Waals surface area contributed by atoms with Gasteiger partial charge in [-0.25, -0.2) is 8.78 Å². The van der Waals surface area contributed by atoms with Crippen LogP contribution in [-0.2, 0) is 16.0 Å². The Morgan fingerprint density at radius 2 is 1.68 bits per heavy atom. The molecule has 3 atom stereocenters. The summed E-state index contributed by atoms with van der Waals surface area (Å²) >= 11 is 0. The van der Waals surface area contributed by atoms with Gasteiger partial charge < -0.3 is 31.3 Å². The number of nitrogens with zero attached hydrogens (tertiary/aromatic N) is 1. The molecule has 1 unspecified atom stereocenters. The molecule has 0 saturated carbocycles. The molecule has 212 valence electrons. The van der Waals surface area contributed by atoms with Gasteiger partial charge in [0, 0.05) is 37.2 Å². The van der Waals surface area contributed by atoms with Gasteiger partial charge >= 0.3 is 0 Å². The van der Waals surface area contributed by atoms with Gasteiger partial charge in [0.1, 0.15) is 11.6 Å². The predicted octanol–water partition coefficient (Wildman–Crippen LogP) is 1.82. The Balaban J connectivity index is 2.56. The first-order valence-corrected chi connectivity index (χ1v) is 13.1. The lowest BCUT2D eigenvalue weighted by molar-refractivity contribution is -0.132. The Morgan fingerprint density at radius 1 is 1.11 bits per heavy atom. The molecule has 0 bridgehead atoms. The topological polar surface area (TPSA) is 136 Å². The van der Waals surface area contributed by atoms with E-state index in [0.29, 0.717) is 24.2 Å². The SMILES string of the molecule is CCCN(CCC)C(=O)C1=CC(C)=CC(C(N)=O)([C@H](Cc2cc(F)cc(F)c2)[C@@H](O)CNC(CO)CO)C1. The van der Waals surface area contributed by atoms with E-state index >= 15 is 0 Å². The van der Waals surface area contributed by atoms with Crippen LogP contribution < -0.4 is 11.1 Å². The molecule has 2 rings (SSSR count). The summed E-state index contributed by atoms with van der Waals surface area (Å²) < 4.78 is 28.1. The van der Waals surface area contributed by atoms with Gasteiger partial charge in [0.2, 0.25) is 11.8 Å². The van der Waals surface area contributed by atoms with Crippen LogP contribution in [0.1, 0.15) is 45.6 Å². The Bertz CT molecular complexity index is 1000. The first kappa shape index (κ1) is 31.6. The summed E-state index contributed by atoms with van der Waals surface area (Å²) in [6.07, 6.45) is 3.32. The quantitative estimate of drug-likeness (QED) is 0.232. The van der Waals surface area contributed by atoms with Crippen LogP contribution in [0.25, 0.3) is 0 Å². The average Bonchev–Trinajstić information content (AvgIpc) is 2.86. The molecule has 0 aliphatic heterocycles. The highest BCUT2D eigenvalue weighted by Crippen LogP contribution is 2.44. The van der Waals surface area contributed by atoms with Gasteiger partial charge in [-0.15, -0.1) is 0 Å². The highest BCUT2D eigenvalue weighted by molar-refractivity contribution is 5.96. The minimum absolute atomic E-state index is 0.0919. The number of primary amides is 1. The van der Waals surface area contributed by atoms with E-state index in [-0.39, 0.29) is 30.9 Å². The summed E-state index contributed by atoms with van der Waals surface area (Å²) in [4.78, 5) is 28.4. The number of nitrogens with one attached hydrogen (secondary N) is 1. The van der Waals surface area contributed by atoms with E-state index in [9.17, 15) is 33.7 Å². The van der Waals surface area contributed by atoms with Gasteiger partial charge in [-0.3, -0.25) is 9.59 Å². The zero-order valence-corrected chi connectivity index (χ0v) is 22.4. The van der Waals surface area contributed by atoms with Crippen molar-refractivity contribution in [3.63, 3.8) is 0 Å². The number of hydrogen-bond donors (Lipinski definition) is 5. The fourth-order valence-corrected chi connectivity index (χ4v) is 5.17. The number of halogens is 2. The van der Waals surface area contributed by atoms with Crippen molar-refractivity contribution in [3.8, 4) is 0 Å². The Labute approximate surface area is 223 Å². The summed E-state index contributed by atoms with van der Waals surface area (Å²) in [5, 5.41) is 33.0.